The largest absolute Gasteiger partial charge is 0.494 e. The number of para-hydroxylation sites is 1. The molecule has 0 unspecified atom stereocenters. The van der Waals surface area contributed by atoms with Crippen LogP contribution in [0.3, 0.4) is 0 Å². The zero-order valence-electron chi connectivity index (χ0n) is 21.6. The molecule has 39 heavy (non-hydrogen) atoms. The monoisotopic (exact) mass is 542 g/mol. The molecule has 10 heteroatoms. The van der Waals surface area contributed by atoms with Crippen LogP contribution < -0.4 is 14.8 Å². The number of carbonyl (C=O) groups is 1. The molecule has 3 aromatic carbocycles. The van der Waals surface area contributed by atoms with Gasteiger partial charge in [0.05, 0.1) is 34.0 Å². The lowest BCUT2D eigenvalue weighted by molar-refractivity contribution is 0.102. The summed E-state index contributed by atoms with van der Waals surface area (Å²) < 4.78 is 38.6. The van der Waals surface area contributed by atoms with E-state index in [9.17, 15) is 13.2 Å². The maximum atomic E-state index is 13.4. The third-order valence-corrected chi connectivity index (χ3v) is 7.58. The van der Waals surface area contributed by atoms with Gasteiger partial charge < -0.3 is 14.6 Å². The van der Waals surface area contributed by atoms with Crippen molar-refractivity contribution < 1.29 is 22.5 Å². The summed E-state index contributed by atoms with van der Waals surface area (Å²) in [4.78, 5) is 18.2. The summed E-state index contributed by atoms with van der Waals surface area (Å²) in [6, 6.07) is 22.6. The minimum absolute atomic E-state index is 0.0149. The Balaban J connectivity index is 1.40. The number of ether oxygens (including phenoxy) is 1. The van der Waals surface area contributed by atoms with E-state index >= 15 is 0 Å². The van der Waals surface area contributed by atoms with Crippen molar-refractivity contribution in [2.24, 2.45) is 0 Å². The van der Waals surface area contributed by atoms with Crippen molar-refractivity contribution in [3.63, 3.8) is 0 Å². The van der Waals surface area contributed by atoms with Gasteiger partial charge in [0.15, 0.2) is 0 Å². The minimum Gasteiger partial charge on any atom is -0.494 e. The van der Waals surface area contributed by atoms with Gasteiger partial charge in [-0.1, -0.05) is 23.4 Å². The SMILES string of the molecule is CCOc1ccc(-c2cc(C(=O)Nc3ccc(S(=O)(=O)Nc4onc(C)c4C)cc3)c3ccccc3n2)cc1. The number of hydrogen-bond acceptors (Lipinski definition) is 7. The fourth-order valence-corrected chi connectivity index (χ4v) is 5.05. The second kappa shape index (κ2) is 10.6. The highest BCUT2D eigenvalue weighted by Crippen LogP contribution is 2.28. The summed E-state index contributed by atoms with van der Waals surface area (Å²) in [6.45, 7) is 5.93. The molecular weight excluding hydrogens is 516 g/mol. The molecule has 1 amide bonds. The topological polar surface area (TPSA) is 123 Å². The fourth-order valence-electron chi connectivity index (χ4n) is 4.01. The van der Waals surface area contributed by atoms with Crippen LogP contribution in [0, 0.1) is 13.8 Å². The first-order chi connectivity index (χ1) is 18.7. The maximum absolute atomic E-state index is 13.4. The average molecular weight is 543 g/mol. The van der Waals surface area contributed by atoms with E-state index in [0.29, 0.717) is 45.7 Å². The van der Waals surface area contributed by atoms with Crippen LogP contribution in [-0.2, 0) is 10.0 Å². The molecule has 0 radical (unpaired) electrons. The van der Waals surface area contributed by atoms with Gasteiger partial charge in [0.25, 0.3) is 15.9 Å². The fraction of sp³-hybridized carbons (Fsp3) is 0.138. The first kappa shape index (κ1) is 25.9. The molecule has 2 aromatic heterocycles. The van der Waals surface area contributed by atoms with E-state index in [2.05, 4.69) is 15.2 Å². The summed E-state index contributed by atoms with van der Waals surface area (Å²) in [7, 11) is -3.91. The number of sulfonamides is 1. The van der Waals surface area contributed by atoms with E-state index in [1.807, 2.05) is 55.5 Å². The molecule has 2 N–H and O–H groups in total. The third kappa shape index (κ3) is 5.46. The van der Waals surface area contributed by atoms with E-state index in [4.69, 9.17) is 14.2 Å². The Kier molecular flexibility index (Phi) is 7.03. The van der Waals surface area contributed by atoms with Crippen LogP contribution >= 0.6 is 0 Å². The Morgan fingerprint density at radius 3 is 2.36 bits per heavy atom. The van der Waals surface area contributed by atoms with Crippen LogP contribution in [0.1, 0.15) is 28.5 Å². The van der Waals surface area contributed by atoms with Gasteiger partial charge >= 0.3 is 0 Å². The summed E-state index contributed by atoms with van der Waals surface area (Å²) in [5.41, 5.74) is 4.26. The minimum atomic E-state index is -3.91. The van der Waals surface area contributed by atoms with Crippen LogP contribution in [0.25, 0.3) is 22.2 Å². The molecule has 0 bridgehead atoms. The van der Waals surface area contributed by atoms with E-state index in [-0.39, 0.29) is 16.7 Å². The molecule has 0 saturated heterocycles. The second-order valence-electron chi connectivity index (χ2n) is 8.84. The molecule has 0 fully saturated rings. The zero-order valence-corrected chi connectivity index (χ0v) is 22.4. The molecule has 0 aliphatic carbocycles. The maximum Gasteiger partial charge on any atom is 0.264 e. The molecule has 5 rings (SSSR count). The Morgan fingerprint density at radius 2 is 1.69 bits per heavy atom. The average Bonchev–Trinajstić information content (AvgIpc) is 3.25. The molecule has 9 nitrogen and oxygen atoms in total. The Hall–Kier alpha value is -4.70. The van der Waals surface area contributed by atoms with Gasteiger partial charge in [-0.2, -0.15) is 0 Å². The van der Waals surface area contributed by atoms with E-state index < -0.39 is 10.0 Å². The predicted molar refractivity (Wildman–Crippen MR) is 150 cm³/mol. The quantitative estimate of drug-likeness (QED) is 0.248. The molecule has 0 saturated carbocycles. The number of pyridine rings is 1. The van der Waals surface area contributed by atoms with Gasteiger partial charge in [-0.05, 0) is 81.4 Å². The van der Waals surface area contributed by atoms with Gasteiger partial charge in [0.1, 0.15) is 5.75 Å². The van der Waals surface area contributed by atoms with Crippen molar-refractivity contribution >= 4 is 38.4 Å². The summed E-state index contributed by atoms with van der Waals surface area (Å²) in [5, 5.41) is 7.33. The standard InChI is InChI=1S/C29H26N4O5S/c1-4-37-22-13-9-20(10-14-22)27-17-25(24-7-5-6-8-26(24)31-27)28(34)30-21-11-15-23(16-12-21)39(35,36)33-29-18(2)19(3)32-38-29/h5-17,33H,4H2,1-3H3,(H,30,34). The number of amides is 1. The van der Waals surface area contributed by atoms with Crippen LogP contribution in [-0.4, -0.2) is 31.1 Å². The molecule has 0 aliphatic rings. The molecule has 198 valence electrons. The van der Waals surface area contributed by atoms with Gasteiger partial charge in [0, 0.05) is 22.2 Å². The molecule has 2 heterocycles. The molecule has 0 atom stereocenters. The van der Waals surface area contributed by atoms with Crippen molar-refractivity contribution in [3.05, 3.63) is 95.7 Å². The number of nitrogens with zero attached hydrogens (tertiary/aromatic N) is 2. The van der Waals surface area contributed by atoms with Crippen molar-refractivity contribution in [3.8, 4) is 17.0 Å². The van der Waals surface area contributed by atoms with Crippen molar-refractivity contribution in [1.29, 1.82) is 0 Å². The number of rotatable bonds is 8. The summed E-state index contributed by atoms with van der Waals surface area (Å²) >= 11 is 0. The Morgan fingerprint density at radius 1 is 0.974 bits per heavy atom. The number of benzene rings is 3. The van der Waals surface area contributed by atoms with Gasteiger partial charge in [0.2, 0.25) is 5.88 Å². The summed E-state index contributed by atoms with van der Waals surface area (Å²) in [5.74, 6) is 0.479. The number of anilines is 2. The number of aryl methyl sites for hydroxylation is 1. The predicted octanol–water partition coefficient (Wildman–Crippen LogP) is 5.96. The first-order valence-corrected chi connectivity index (χ1v) is 13.7. The first-order valence-electron chi connectivity index (χ1n) is 12.3. The number of nitrogens with one attached hydrogen (secondary N) is 2. The Labute approximate surface area is 225 Å². The van der Waals surface area contributed by atoms with Crippen molar-refractivity contribution in [2.75, 3.05) is 16.6 Å². The van der Waals surface area contributed by atoms with Crippen LogP contribution in [0.5, 0.6) is 5.75 Å². The van der Waals surface area contributed by atoms with E-state index in [0.717, 1.165) is 11.3 Å². The van der Waals surface area contributed by atoms with Gasteiger partial charge in [-0.3, -0.25) is 4.79 Å². The number of carbonyl (C=O) groups excluding carboxylic acids is 1. The number of hydrogen-bond donors (Lipinski definition) is 2. The van der Waals surface area contributed by atoms with Crippen molar-refractivity contribution in [2.45, 2.75) is 25.7 Å². The van der Waals surface area contributed by atoms with E-state index in [1.54, 1.807) is 19.9 Å². The normalized spacial score (nSPS) is 11.4. The van der Waals surface area contributed by atoms with Crippen molar-refractivity contribution in [1.82, 2.24) is 10.1 Å². The third-order valence-electron chi connectivity index (χ3n) is 6.23. The van der Waals surface area contributed by atoms with Gasteiger partial charge in [-0.25, -0.2) is 18.1 Å². The zero-order chi connectivity index (χ0) is 27.6. The lowest BCUT2D eigenvalue weighted by Crippen LogP contribution is -2.15. The second-order valence-corrected chi connectivity index (χ2v) is 10.5. The molecular formula is C29H26N4O5S. The van der Waals surface area contributed by atoms with E-state index in [1.165, 1.54) is 24.3 Å². The smallest absolute Gasteiger partial charge is 0.264 e. The Bertz CT molecular complexity index is 1760. The van der Waals surface area contributed by atoms with Crippen LogP contribution in [0.4, 0.5) is 11.6 Å². The lowest BCUT2D eigenvalue weighted by atomic mass is 10.0. The number of fused-ring (bicyclic) bond motifs is 1. The lowest BCUT2D eigenvalue weighted by Gasteiger charge is -2.12. The van der Waals surface area contributed by atoms with Gasteiger partial charge in [-0.15, -0.1) is 0 Å². The molecule has 5 aromatic rings. The summed E-state index contributed by atoms with van der Waals surface area (Å²) in [6.07, 6.45) is 0. The van der Waals surface area contributed by atoms with Crippen LogP contribution in [0.2, 0.25) is 0 Å². The highest BCUT2D eigenvalue weighted by molar-refractivity contribution is 7.92. The molecule has 0 spiro atoms. The highest BCUT2D eigenvalue weighted by Gasteiger charge is 2.20. The number of aromatic nitrogens is 2. The van der Waals surface area contributed by atoms with Crippen LogP contribution in [0.15, 0.2) is 88.3 Å². The molecule has 0 aliphatic heterocycles. The highest BCUT2D eigenvalue weighted by atomic mass is 32.2.